The molecule has 3 aromatic carbocycles. The topological polar surface area (TPSA) is 84.2 Å². The van der Waals surface area contributed by atoms with E-state index in [9.17, 15) is 9.18 Å². The van der Waals surface area contributed by atoms with Crippen LogP contribution in [0.4, 0.5) is 10.2 Å². The van der Waals surface area contributed by atoms with Crippen molar-refractivity contribution in [3.63, 3.8) is 0 Å². The SMILES string of the molecule is CN(Cc1cc(-c2ccc3ncnc(NCc4ccccc4)c3c2)ccc1F)C(=O)c1ccno1. The molecule has 8 heteroatoms. The lowest BCUT2D eigenvalue weighted by atomic mass is 10.0. The van der Waals surface area contributed by atoms with E-state index in [0.717, 1.165) is 33.4 Å². The van der Waals surface area contributed by atoms with Gasteiger partial charge in [0.15, 0.2) is 0 Å². The van der Waals surface area contributed by atoms with Crippen LogP contribution in [-0.4, -0.2) is 33.0 Å². The molecule has 0 spiro atoms. The van der Waals surface area contributed by atoms with E-state index in [1.807, 2.05) is 48.5 Å². The van der Waals surface area contributed by atoms with Gasteiger partial charge in [0.1, 0.15) is 18.0 Å². The molecule has 0 saturated carbocycles. The van der Waals surface area contributed by atoms with E-state index < -0.39 is 0 Å². The molecule has 0 fully saturated rings. The van der Waals surface area contributed by atoms with Crippen LogP contribution in [0.5, 0.6) is 0 Å². The van der Waals surface area contributed by atoms with Crippen molar-refractivity contribution in [2.24, 2.45) is 0 Å². The number of hydrogen-bond donors (Lipinski definition) is 1. The van der Waals surface area contributed by atoms with E-state index in [0.29, 0.717) is 12.1 Å². The second-order valence-corrected chi connectivity index (χ2v) is 8.14. The number of carbonyl (C=O) groups is 1. The number of hydrogen-bond acceptors (Lipinski definition) is 6. The third-order valence-corrected chi connectivity index (χ3v) is 5.72. The molecular weight excluding hydrogens is 445 g/mol. The summed E-state index contributed by atoms with van der Waals surface area (Å²) in [7, 11) is 1.59. The van der Waals surface area contributed by atoms with Crippen LogP contribution in [0.1, 0.15) is 21.7 Å². The molecule has 2 heterocycles. The zero-order valence-electron chi connectivity index (χ0n) is 19.0. The van der Waals surface area contributed by atoms with Gasteiger partial charge < -0.3 is 14.7 Å². The fourth-order valence-electron chi connectivity index (χ4n) is 3.88. The minimum Gasteiger partial charge on any atom is -0.365 e. The molecule has 174 valence electrons. The van der Waals surface area contributed by atoms with Crippen LogP contribution in [0.2, 0.25) is 0 Å². The number of benzene rings is 3. The maximum Gasteiger partial charge on any atom is 0.292 e. The second-order valence-electron chi connectivity index (χ2n) is 8.14. The molecule has 7 nitrogen and oxygen atoms in total. The lowest BCUT2D eigenvalue weighted by Crippen LogP contribution is -2.26. The Kier molecular flexibility index (Phi) is 6.17. The molecule has 0 aliphatic carbocycles. The van der Waals surface area contributed by atoms with Crippen LogP contribution in [0.3, 0.4) is 0 Å². The van der Waals surface area contributed by atoms with Crippen LogP contribution < -0.4 is 5.32 Å². The van der Waals surface area contributed by atoms with Gasteiger partial charge in [0.05, 0.1) is 11.7 Å². The third-order valence-electron chi connectivity index (χ3n) is 5.72. The lowest BCUT2D eigenvalue weighted by Gasteiger charge is -2.17. The molecule has 0 radical (unpaired) electrons. The summed E-state index contributed by atoms with van der Waals surface area (Å²) in [6, 6.07) is 22.3. The predicted molar refractivity (Wildman–Crippen MR) is 131 cm³/mol. The maximum absolute atomic E-state index is 14.6. The molecule has 0 saturated heterocycles. The van der Waals surface area contributed by atoms with Gasteiger partial charge in [-0.2, -0.15) is 0 Å². The predicted octanol–water partition coefficient (Wildman–Crippen LogP) is 5.31. The van der Waals surface area contributed by atoms with Gasteiger partial charge in [-0.15, -0.1) is 0 Å². The Labute approximate surface area is 201 Å². The van der Waals surface area contributed by atoms with Crippen molar-refractivity contribution >= 4 is 22.6 Å². The first-order valence-electron chi connectivity index (χ1n) is 11.1. The molecule has 0 aliphatic rings. The Balaban J connectivity index is 1.42. The van der Waals surface area contributed by atoms with E-state index in [4.69, 9.17) is 4.52 Å². The molecule has 2 aromatic heterocycles. The molecule has 5 rings (SSSR count). The molecule has 0 bridgehead atoms. The summed E-state index contributed by atoms with van der Waals surface area (Å²) in [5, 5.41) is 7.81. The fraction of sp³-hybridized carbons (Fsp3) is 0.111. The molecule has 0 aliphatic heterocycles. The van der Waals surface area contributed by atoms with Crippen LogP contribution in [-0.2, 0) is 13.1 Å². The first-order chi connectivity index (χ1) is 17.1. The zero-order chi connectivity index (χ0) is 24.2. The standard InChI is InChI=1S/C27H22FN5O2/c1-33(27(34)25-11-12-32-35-25)16-21-13-19(7-9-23(21)28)20-8-10-24-22(14-20)26(31-17-30-24)29-15-18-5-3-2-4-6-18/h2-14,17H,15-16H2,1H3,(H,29,30,31). The van der Waals surface area contributed by atoms with Gasteiger partial charge in [-0.3, -0.25) is 4.79 Å². The molecular formula is C27H22FN5O2. The van der Waals surface area contributed by atoms with Crippen molar-refractivity contribution in [3.8, 4) is 11.1 Å². The first-order valence-corrected chi connectivity index (χ1v) is 11.1. The van der Waals surface area contributed by atoms with Gasteiger partial charge in [-0.05, 0) is 41.0 Å². The highest BCUT2D eigenvalue weighted by molar-refractivity contribution is 5.93. The fourth-order valence-corrected chi connectivity index (χ4v) is 3.88. The minimum absolute atomic E-state index is 0.0831. The van der Waals surface area contributed by atoms with Crippen molar-refractivity contribution in [1.82, 2.24) is 20.0 Å². The van der Waals surface area contributed by atoms with Crippen molar-refractivity contribution in [1.29, 1.82) is 0 Å². The summed E-state index contributed by atoms with van der Waals surface area (Å²) in [6.07, 6.45) is 2.93. The molecule has 5 aromatic rings. The van der Waals surface area contributed by atoms with Gasteiger partial charge in [0.25, 0.3) is 5.91 Å². The van der Waals surface area contributed by atoms with E-state index in [-0.39, 0.29) is 24.0 Å². The number of anilines is 1. The monoisotopic (exact) mass is 467 g/mol. The lowest BCUT2D eigenvalue weighted by molar-refractivity contribution is 0.0742. The van der Waals surface area contributed by atoms with Gasteiger partial charge >= 0.3 is 0 Å². The van der Waals surface area contributed by atoms with Crippen molar-refractivity contribution < 1.29 is 13.7 Å². The van der Waals surface area contributed by atoms with E-state index in [1.54, 1.807) is 19.2 Å². The smallest absolute Gasteiger partial charge is 0.292 e. The van der Waals surface area contributed by atoms with E-state index >= 15 is 0 Å². The molecule has 1 N–H and O–H groups in total. The number of aromatic nitrogens is 3. The van der Waals surface area contributed by atoms with Crippen LogP contribution in [0.25, 0.3) is 22.0 Å². The summed E-state index contributed by atoms with van der Waals surface area (Å²) in [6.45, 7) is 0.712. The normalized spacial score (nSPS) is 10.9. The average molecular weight is 468 g/mol. The number of halogens is 1. The van der Waals surface area contributed by atoms with Gasteiger partial charge in [-0.25, -0.2) is 14.4 Å². The summed E-state index contributed by atoms with van der Waals surface area (Å²) in [5.41, 5.74) is 4.05. The van der Waals surface area contributed by atoms with Crippen LogP contribution in [0, 0.1) is 5.82 Å². The van der Waals surface area contributed by atoms with E-state index in [1.165, 1.54) is 29.6 Å². The number of fused-ring (bicyclic) bond motifs is 1. The number of amides is 1. The Hall–Kier alpha value is -4.59. The van der Waals surface area contributed by atoms with Crippen LogP contribution >= 0.6 is 0 Å². The van der Waals surface area contributed by atoms with Crippen molar-refractivity contribution in [2.75, 3.05) is 12.4 Å². The van der Waals surface area contributed by atoms with Gasteiger partial charge in [0.2, 0.25) is 5.76 Å². The number of rotatable bonds is 7. The van der Waals surface area contributed by atoms with Gasteiger partial charge in [0, 0.05) is 37.2 Å². The number of nitrogens with one attached hydrogen (secondary N) is 1. The second kappa shape index (κ2) is 9.72. The average Bonchev–Trinajstić information content (AvgIpc) is 3.43. The van der Waals surface area contributed by atoms with Crippen molar-refractivity contribution in [3.05, 3.63) is 108 Å². The zero-order valence-corrected chi connectivity index (χ0v) is 19.0. The quantitative estimate of drug-likeness (QED) is 0.349. The molecule has 0 atom stereocenters. The molecule has 0 unspecified atom stereocenters. The highest BCUT2D eigenvalue weighted by atomic mass is 19.1. The Bertz CT molecular complexity index is 1470. The third kappa shape index (κ3) is 4.86. The summed E-state index contributed by atoms with van der Waals surface area (Å²) >= 11 is 0. The van der Waals surface area contributed by atoms with Gasteiger partial charge in [-0.1, -0.05) is 47.6 Å². The summed E-state index contributed by atoms with van der Waals surface area (Å²) in [5.74, 6) is 0.0687. The minimum atomic E-state index is -0.389. The number of nitrogens with zero attached hydrogens (tertiary/aromatic N) is 4. The Morgan fingerprint density at radius 1 is 1.00 bits per heavy atom. The van der Waals surface area contributed by atoms with Crippen molar-refractivity contribution in [2.45, 2.75) is 13.1 Å². The Morgan fingerprint density at radius 2 is 1.80 bits per heavy atom. The first kappa shape index (κ1) is 22.2. The summed E-state index contributed by atoms with van der Waals surface area (Å²) in [4.78, 5) is 22.7. The molecule has 35 heavy (non-hydrogen) atoms. The highest BCUT2D eigenvalue weighted by Crippen LogP contribution is 2.29. The number of carbonyl (C=O) groups excluding carboxylic acids is 1. The molecule has 1 amide bonds. The van der Waals surface area contributed by atoms with E-state index in [2.05, 4.69) is 20.4 Å². The van der Waals surface area contributed by atoms with Crippen LogP contribution in [0.15, 0.2) is 89.8 Å². The summed E-state index contributed by atoms with van der Waals surface area (Å²) < 4.78 is 19.6. The maximum atomic E-state index is 14.6. The Morgan fingerprint density at radius 3 is 2.60 bits per heavy atom. The highest BCUT2D eigenvalue weighted by Gasteiger charge is 2.17. The largest absolute Gasteiger partial charge is 0.365 e.